The number of hydrogen-bond acceptors (Lipinski definition) is 2. The molecule has 2 nitrogen and oxygen atoms in total. The van der Waals surface area contributed by atoms with Crippen molar-refractivity contribution < 1.29 is 0 Å². The quantitative estimate of drug-likeness (QED) is 0.712. The molecule has 0 aromatic heterocycles. The van der Waals surface area contributed by atoms with Crippen molar-refractivity contribution in [3.63, 3.8) is 0 Å². The SMILES string of the molecule is CC(C)(C)C1CNC2(CCN(C(C)(C)C)CC2)C1. The minimum Gasteiger partial charge on any atom is -0.311 e. The lowest BCUT2D eigenvalue weighted by Gasteiger charge is -2.45. The van der Waals surface area contributed by atoms with Gasteiger partial charge in [0.2, 0.25) is 0 Å². The molecule has 106 valence electrons. The molecule has 0 radical (unpaired) electrons. The summed E-state index contributed by atoms with van der Waals surface area (Å²) in [5, 5.41) is 3.87. The van der Waals surface area contributed by atoms with Crippen molar-refractivity contribution in [2.45, 2.75) is 71.9 Å². The Morgan fingerprint density at radius 2 is 1.56 bits per heavy atom. The summed E-state index contributed by atoms with van der Waals surface area (Å²) < 4.78 is 0. The summed E-state index contributed by atoms with van der Waals surface area (Å²) in [5.74, 6) is 0.846. The summed E-state index contributed by atoms with van der Waals surface area (Å²) in [7, 11) is 0. The topological polar surface area (TPSA) is 15.3 Å². The van der Waals surface area contributed by atoms with Crippen LogP contribution in [0.25, 0.3) is 0 Å². The lowest BCUT2D eigenvalue weighted by atomic mass is 9.74. The van der Waals surface area contributed by atoms with Crippen molar-refractivity contribution in [2.24, 2.45) is 11.3 Å². The first-order chi connectivity index (χ1) is 8.12. The molecule has 18 heavy (non-hydrogen) atoms. The summed E-state index contributed by atoms with van der Waals surface area (Å²) >= 11 is 0. The largest absolute Gasteiger partial charge is 0.311 e. The van der Waals surface area contributed by atoms with E-state index in [1.54, 1.807) is 0 Å². The molecule has 2 fully saturated rings. The number of rotatable bonds is 0. The zero-order valence-corrected chi connectivity index (χ0v) is 13.3. The van der Waals surface area contributed by atoms with E-state index in [2.05, 4.69) is 51.8 Å². The van der Waals surface area contributed by atoms with Gasteiger partial charge < -0.3 is 5.32 Å². The van der Waals surface area contributed by atoms with Crippen molar-refractivity contribution in [2.75, 3.05) is 19.6 Å². The van der Waals surface area contributed by atoms with Gasteiger partial charge in [0.05, 0.1) is 0 Å². The summed E-state index contributed by atoms with van der Waals surface area (Å²) in [5.41, 5.74) is 1.25. The number of piperidine rings is 1. The van der Waals surface area contributed by atoms with Gasteiger partial charge in [0, 0.05) is 24.2 Å². The third kappa shape index (κ3) is 2.91. The molecular weight excluding hydrogens is 220 g/mol. The van der Waals surface area contributed by atoms with Gasteiger partial charge >= 0.3 is 0 Å². The van der Waals surface area contributed by atoms with E-state index in [9.17, 15) is 0 Å². The summed E-state index contributed by atoms with van der Waals surface area (Å²) in [6, 6.07) is 0. The van der Waals surface area contributed by atoms with E-state index in [1.807, 2.05) is 0 Å². The van der Waals surface area contributed by atoms with Gasteiger partial charge in [-0.05, 0) is 57.9 Å². The fraction of sp³-hybridized carbons (Fsp3) is 1.00. The molecule has 1 spiro atoms. The highest BCUT2D eigenvalue weighted by Gasteiger charge is 2.45. The Kier molecular flexibility index (Phi) is 3.57. The predicted molar refractivity (Wildman–Crippen MR) is 78.9 cm³/mol. The van der Waals surface area contributed by atoms with Crippen LogP contribution in [0.5, 0.6) is 0 Å². The predicted octanol–water partition coefficient (Wildman–Crippen LogP) is 3.28. The molecule has 2 heteroatoms. The second-order valence-electron chi connectivity index (χ2n) is 8.59. The summed E-state index contributed by atoms with van der Waals surface area (Å²) in [4.78, 5) is 2.64. The van der Waals surface area contributed by atoms with E-state index in [0.717, 1.165) is 5.92 Å². The second-order valence-corrected chi connectivity index (χ2v) is 8.59. The smallest absolute Gasteiger partial charge is 0.0209 e. The molecule has 0 aliphatic carbocycles. The highest BCUT2D eigenvalue weighted by atomic mass is 15.2. The van der Waals surface area contributed by atoms with Gasteiger partial charge in [-0.2, -0.15) is 0 Å². The average Bonchev–Trinajstić information content (AvgIpc) is 2.61. The van der Waals surface area contributed by atoms with Crippen LogP contribution in [0, 0.1) is 11.3 Å². The zero-order chi connectivity index (χ0) is 13.6. The molecule has 1 atom stereocenters. The fourth-order valence-corrected chi connectivity index (χ4v) is 3.55. The third-order valence-corrected chi connectivity index (χ3v) is 5.25. The number of hydrogen-bond donors (Lipinski definition) is 1. The molecule has 0 aromatic carbocycles. The van der Waals surface area contributed by atoms with Crippen LogP contribution in [0.2, 0.25) is 0 Å². The minimum atomic E-state index is 0.337. The van der Waals surface area contributed by atoms with Crippen LogP contribution in [0.1, 0.15) is 60.8 Å². The molecule has 0 bridgehead atoms. The molecule has 2 aliphatic heterocycles. The standard InChI is InChI=1S/C16H32N2/c1-14(2,3)13-11-16(17-12-13)7-9-18(10-8-16)15(4,5)6/h13,17H,7-12H2,1-6H3. The van der Waals surface area contributed by atoms with Gasteiger partial charge in [-0.25, -0.2) is 0 Å². The van der Waals surface area contributed by atoms with E-state index >= 15 is 0 Å². The fourth-order valence-electron chi connectivity index (χ4n) is 3.55. The van der Waals surface area contributed by atoms with Gasteiger partial charge in [-0.1, -0.05) is 20.8 Å². The van der Waals surface area contributed by atoms with E-state index in [0.29, 0.717) is 16.5 Å². The van der Waals surface area contributed by atoms with Crippen LogP contribution >= 0.6 is 0 Å². The van der Waals surface area contributed by atoms with Crippen LogP contribution in [0.4, 0.5) is 0 Å². The first-order valence-corrected chi connectivity index (χ1v) is 7.63. The Morgan fingerprint density at radius 3 is 1.94 bits per heavy atom. The van der Waals surface area contributed by atoms with Gasteiger partial charge in [0.15, 0.2) is 0 Å². The lowest BCUT2D eigenvalue weighted by molar-refractivity contribution is 0.0665. The van der Waals surface area contributed by atoms with Crippen LogP contribution in [-0.2, 0) is 0 Å². The van der Waals surface area contributed by atoms with Gasteiger partial charge in [0.25, 0.3) is 0 Å². The lowest BCUT2D eigenvalue weighted by Crippen LogP contribution is -2.54. The van der Waals surface area contributed by atoms with Crippen LogP contribution in [0.15, 0.2) is 0 Å². The number of nitrogens with one attached hydrogen (secondary N) is 1. The number of likely N-dealkylation sites (tertiary alicyclic amines) is 1. The maximum Gasteiger partial charge on any atom is 0.0209 e. The van der Waals surface area contributed by atoms with Crippen LogP contribution in [0.3, 0.4) is 0 Å². The first kappa shape index (κ1) is 14.3. The van der Waals surface area contributed by atoms with Crippen molar-refractivity contribution >= 4 is 0 Å². The average molecular weight is 252 g/mol. The van der Waals surface area contributed by atoms with E-state index in [-0.39, 0.29) is 0 Å². The van der Waals surface area contributed by atoms with Crippen LogP contribution in [-0.4, -0.2) is 35.6 Å². The van der Waals surface area contributed by atoms with Crippen molar-refractivity contribution in [3.8, 4) is 0 Å². The summed E-state index contributed by atoms with van der Waals surface area (Å²) in [6.07, 6.45) is 4.04. The highest BCUT2D eigenvalue weighted by Crippen LogP contribution is 2.41. The molecule has 0 amide bonds. The van der Waals surface area contributed by atoms with Crippen molar-refractivity contribution in [3.05, 3.63) is 0 Å². The molecule has 1 unspecified atom stereocenters. The first-order valence-electron chi connectivity index (χ1n) is 7.63. The second kappa shape index (κ2) is 4.49. The maximum atomic E-state index is 3.87. The normalized spacial score (nSPS) is 30.0. The Morgan fingerprint density at radius 1 is 1.00 bits per heavy atom. The maximum absolute atomic E-state index is 3.87. The van der Waals surface area contributed by atoms with Crippen LogP contribution < -0.4 is 5.32 Å². The molecule has 2 saturated heterocycles. The molecule has 2 rings (SSSR count). The Labute approximate surface area is 114 Å². The highest BCUT2D eigenvalue weighted by molar-refractivity contribution is 5.03. The third-order valence-electron chi connectivity index (χ3n) is 5.25. The van der Waals surface area contributed by atoms with E-state index < -0.39 is 0 Å². The Balaban J connectivity index is 1.94. The summed E-state index contributed by atoms with van der Waals surface area (Å²) in [6.45, 7) is 17.9. The van der Waals surface area contributed by atoms with Gasteiger partial charge in [-0.3, -0.25) is 4.90 Å². The van der Waals surface area contributed by atoms with Gasteiger partial charge in [-0.15, -0.1) is 0 Å². The van der Waals surface area contributed by atoms with Gasteiger partial charge in [0.1, 0.15) is 0 Å². The molecule has 2 aliphatic rings. The Hall–Kier alpha value is -0.0800. The molecule has 0 saturated carbocycles. The van der Waals surface area contributed by atoms with Crippen molar-refractivity contribution in [1.29, 1.82) is 0 Å². The van der Waals surface area contributed by atoms with E-state index in [4.69, 9.17) is 0 Å². The monoisotopic (exact) mass is 252 g/mol. The minimum absolute atomic E-state index is 0.337. The molecule has 1 N–H and O–H groups in total. The molecule has 2 heterocycles. The number of nitrogens with zero attached hydrogens (tertiary/aromatic N) is 1. The van der Waals surface area contributed by atoms with E-state index in [1.165, 1.54) is 38.9 Å². The molecule has 0 aromatic rings. The molecular formula is C16H32N2. The Bertz CT molecular complexity index is 287. The van der Waals surface area contributed by atoms with Crippen molar-refractivity contribution in [1.82, 2.24) is 10.2 Å². The zero-order valence-electron chi connectivity index (χ0n) is 13.3.